The molecule has 54 heavy (non-hydrogen) atoms. The van der Waals surface area contributed by atoms with Crippen LogP contribution in [0.3, 0.4) is 0 Å². The van der Waals surface area contributed by atoms with Gasteiger partial charge >= 0.3 is 17.9 Å². The van der Waals surface area contributed by atoms with Crippen molar-refractivity contribution < 1.29 is 57.6 Å². The van der Waals surface area contributed by atoms with Crippen LogP contribution in [0.5, 0.6) is 0 Å². The molecule has 7 atom stereocenters. The molecule has 6 aliphatic rings. The van der Waals surface area contributed by atoms with Gasteiger partial charge in [-0.3, -0.25) is 19.2 Å². The lowest BCUT2D eigenvalue weighted by Crippen LogP contribution is -2.69. The molecule has 1 spiro atoms. The van der Waals surface area contributed by atoms with E-state index in [1.165, 1.54) is 11.1 Å². The number of benzene rings is 2. The third kappa shape index (κ3) is 6.27. The Kier molecular flexibility index (Phi) is 9.33. The van der Waals surface area contributed by atoms with Crippen molar-refractivity contribution >= 4 is 35.8 Å². The first-order valence-electron chi connectivity index (χ1n) is 18.3. The monoisotopic (exact) mass is 745 g/mol. The quantitative estimate of drug-likeness (QED) is 0.167. The van der Waals surface area contributed by atoms with E-state index in [1.54, 1.807) is 38.1 Å². The number of aliphatic hydroxyl groups is 1. The van der Waals surface area contributed by atoms with E-state index in [0.29, 0.717) is 24.0 Å². The van der Waals surface area contributed by atoms with Gasteiger partial charge in [-0.2, -0.15) is 5.06 Å². The Labute approximate surface area is 311 Å². The van der Waals surface area contributed by atoms with Crippen LogP contribution in [0.1, 0.15) is 48.9 Å². The fraction of sp³-hybridized carbons (Fsp3) is 0.513. The van der Waals surface area contributed by atoms with E-state index >= 15 is 0 Å². The summed E-state index contributed by atoms with van der Waals surface area (Å²) in [5.74, 6) is -3.80. The minimum absolute atomic E-state index is 0.0127. The normalized spacial score (nSPS) is 31.2. The number of esters is 3. The van der Waals surface area contributed by atoms with E-state index in [9.17, 15) is 24.0 Å². The number of hydrogen-bond donors (Lipinski definition) is 3. The summed E-state index contributed by atoms with van der Waals surface area (Å²) in [4.78, 5) is 72.5. The van der Waals surface area contributed by atoms with Crippen molar-refractivity contribution in [3.63, 3.8) is 0 Å². The number of cyclic esters (lactones) is 1. The maximum Gasteiger partial charge on any atom is 0.348 e. The van der Waals surface area contributed by atoms with Gasteiger partial charge in [-0.05, 0) is 28.3 Å². The van der Waals surface area contributed by atoms with Gasteiger partial charge in [-0.15, -0.1) is 0 Å². The molecular formula is C39H43N3O12. The molecule has 2 aromatic carbocycles. The van der Waals surface area contributed by atoms with Gasteiger partial charge in [0, 0.05) is 50.3 Å². The first-order valence-corrected chi connectivity index (χ1v) is 18.3. The third-order valence-electron chi connectivity index (χ3n) is 11.3. The minimum atomic E-state index is -1.46. The van der Waals surface area contributed by atoms with Crippen molar-refractivity contribution in [2.75, 3.05) is 26.3 Å². The average Bonchev–Trinajstić information content (AvgIpc) is 3.88. The number of fused-ring (bicyclic) bond motifs is 5. The van der Waals surface area contributed by atoms with Crippen LogP contribution in [0.15, 0.2) is 54.6 Å². The zero-order valence-corrected chi connectivity index (χ0v) is 30.0. The van der Waals surface area contributed by atoms with Gasteiger partial charge in [0.25, 0.3) is 0 Å². The lowest BCUT2D eigenvalue weighted by molar-refractivity contribution is -0.217. The zero-order valence-electron chi connectivity index (χ0n) is 30.0. The number of aliphatic hydroxyl groups excluding tert-OH is 1. The van der Waals surface area contributed by atoms with E-state index in [0.717, 1.165) is 11.1 Å². The van der Waals surface area contributed by atoms with Crippen LogP contribution in [0.25, 0.3) is 6.08 Å². The summed E-state index contributed by atoms with van der Waals surface area (Å²) in [6.07, 6.45) is -0.412. The van der Waals surface area contributed by atoms with Crippen LogP contribution in [0.2, 0.25) is 0 Å². The molecule has 0 aromatic heterocycles. The molecule has 5 fully saturated rings. The molecule has 0 radical (unpaired) electrons. The highest BCUT2D eigenvalue weighted by Crippen LogP contribution is 2.58. The van der Waals surface area contributed by atoms with Crippen LogP contribution in [0.4, 0.5) is 0 Å². The van der Waals surface area contributed by atoms with Gasteiger partial charge in [0.1, 0.15) is 36.4 Å². The molecule has 15 heteroatoms. The van der Waals surface area contributed by atoms with Crippen molar-refractivity contribution in [2.24, 2.45) is 10.8 Å². The Morgan fingerprint density at radius 3 is 2.41 bits per heavy atom. The fourth-order valence-corrected chi connectivity index (χ4v) is 8.75. The van der Waals surface area contributed by atoms with Crippen LogP contribution in [-0.4, -0.2) is 109 Å². The van der Waals surface area contributed by atoms with Crippen molar-refractivity contribution in [1.29, 1.82) is 0 Å². The average molecular weight is 746 g/mol. The number of carbonyl (C=O) groups is 5. The molecule has 0 unspecified atom stereocenters. The molecule has 2 amide bonds. The van der Waals surface area contributed by atoms with Crippen molar-refractivity contribution in [3.8, 4) is 0 Å². The Morgan fingerprint density at radius 1 is 0.963 bits per heavy atom. The second kappa shape index (κ2) is 13.9. The van der Waals surface area contributed by atoms with Crippen LogP contribution < -0.4 is 10.6 Å². The third-order valence-corrected chi connectivity index (χ3v) is 11.3. The van der Waals surface area contributed by atoms with Crippen LogP contribution in [-0.2, 0) is 71.9 Å². The second-order valence-electron chi connectivity index (χ2n) is 15.4. The molecule has 2 aromatic rings. The highest BCUT2D eigenvalue weighted by atomic mass is 16.8. The number of amides is 2. The highest BCUT2D eigenvalue weighted by molar-refractivity contribution is 5.94. The summed E-state index contributed by atoms with van der Waals surface area (Å²) in [7, 11) is 0. The van der Waals surface area contributed by atoms with Gasteiger partial charge in [-0.25, -0.2) is 9.59 Å². The predicted octanol–water partition coefficient (Wildman–Crippen LogP) is 0.888. The molecule has 3 N–H and O–H groups in total. The van der Waals surface area contributed by atoms with E-state index < -0.39 is 77.0 Å². The molecule has 4 saturated heterocycles. The Bertz CT molecular complexity index is 1870. The van der Waals surface area contributed by atoms with Crippen molar-refractivity contribution in [1.82, 2.24) is 15.7 Å². The van der Waals surface area contributed by atoms with Crippen LogP contribution in [0, 0.1) is 10.8 Å². The van der Waals surface area contributed by atoms with E-state index in [1.807, 2.05) is 30.3 Å². The maximum absolute atomic E-state index is 14.5. The molecule has 4 aliphatic heterocycles. The number of nitrogens with one attached hydrogen (secondary N) is 2. The largest absolute Gasteiger partial charge is 0.462 e. The number of hydroxylamine groups is 2. The lowest BCUT2D eigenvalue weighted by atomic mass is 9.62. The number of carbonyl (C=O) groups excluding carboxylic acids is 5. The lowest BCUT2D eigenvalue weighted by Gasteiger charge is -2.48. The first kappa shape index (κ1) is 36.3. The Morgan fingerprint density at radius 2 is 1.69 bits per heavy atom. The van der Waals surface area contributed by atoms with E-state index in [4.69, 9.17) is 33.6 Å². The van der Waals surface area contributed by atoms with Crippen molar-refractivity contribution in [2.45, 2.75) is 88.4 Å². The molecule has 2 bridgehead atoms. The smallest absolute Gasteiger partial charge is 0.348 e. The molecule has 15 nitrogen and oxygen atoms in total. The maximum atomic E-state index is 14.5. The number of ether oxygens (including phenoxy) is 5. The molecular weight excluding hydrogens is 702 g/mol. The van der Waals surface area contributed by atoms with Gasteiger partial charge in [0.05, 0.1) is 13.2 Å². The number of nitrogens with zero attached hydrogens (tertiary/aromatic N) is 1. The van der Waals surface area contributed by atoms with Gasteiger partial charge in [0.15, 0.2) is 11.8 Å². The molecule has 1 saturated carbocycles. The molecule has 4 heterocycles. The van der Waals surface area contributed by atoms with Gasteiger partial charge in [0.2, 0.25) is 17.9 Å². The predicted molar refractivity (Wildman–Crippen MR) is 185 cm³/mol. The van der Waals surface area contributed by atoms with Crippen LogP contribution >= 0.6 is 0 Å². The summed E-state index contributed by atoms with van der Waals surface area (Å²) < 4.78 is 30.1. The Balaban J connectivity index is 1.07. The summed E-state index contributed by atoms with van der Waals surface area (Å²) in [6.45, 7) is 3.59. The number of hydrogen-bond acceptors (Lipinski definition) is 13. The minimum Gasteiger partial charge on any atom is -0.462 e. The second-order valence-corrected chi connectivity index (χ2v) is 15.4. The summed E-state index contributed by atoms with van der Waals surface area (Å²) in [5, 5.41) is 16.0. The van der Waals surface area contributed by atoms with E-state index in [2.05, 4.69) is 10.6 Å². The fourth-order valence-electron chi connectivity index (χ4n) is 8.75. The highest BCUT2D eigenvalue weighted by Gasteiger charge is 2.76. The molecule has 2 aliphatic carbocycles. The van der Waals surface area contributed by atoms with Gasteiger partial charge in [-0.1, -0.05) is 62.4 Å². The summed E-state index contributed by atoms with van der Waals surface area (Å²) in [6, 6.07) is 14.0. The Hall–Kier alpha value is -4.67. The first-order chi connectivity index (χ1) is 25.9. The molecule has 8 rings (SSSR count). The van der Waals surface area contributed by atoms with Crippen molar-refractivity contribution in [3.05, 3.63) is 76.9 Å². The standard InChI is InChI=1S/C39H43N3O12/c1-37(2)21-49-35(47)33(37)51-28(45)12-11-22-7-3-6-10-25(22)20-42-31-34(46)50-26-19-39(31,36(48)41-14-13-27(44)40-15-16-43)32(54-42)30-29(26)52-38(53-30)17-23-8-4-5-9-24(23)18-38/h3-12,26,29-33,43H,13-21H2,1-2H3,(H,40,44)(H,41,48)/t26-,29+,30+,31+,32-,33+,39+/m1/s1. The molecule has 286 valence electrons. The zero-order chi connectivity index (χ0) is 37.8. The summed E-state index contributed by atoms with van der Waals surface area (Å²) in [5.41, 5.74) is 1.33. The summed E-state index contributed by atoms with van der Waals surface area (Å²) >= 11 is 0. The van der Waals surface area contributed by atoms with Gasteiger partial charge < -0.3 is 39.4 Å². The van der Waals surface area contributed by atoms with E-state index in [-0.39, 0.29) is 51.6 Å². The number of rotatable bonds is 11. The topological polar surface area (TPSA) is 188 Å². The SMILES string of the molecule is CC1(C)COC(=O)[C@@H]1OC(=O)C=Cc1ccccc1CN1O[C@@H]2[C@H]3OC4(Cc5ccccc5C4)O[C@H]3[C@H]3C[C@]2(C(=O)NCCC(=O)NCCO)[C@@H]1C(=O)O3.